The molecule has 0 radical (unpaired) electrons. The van der Waals surface area contributed by atoms with Crippen LogP contribution in [0.2, 0.25) is 0 Å². The van der Waals surface area contributed by atoms with E-state index in [4.69, 9.17) is 0 Å². The molecule has 2 rings (SSSR count). The van der Waals surface area contributed by atoms with Crippen LogP contribution in [-0.2, 0) is 10.0 Å². The summed E-state index contributed by atoms with van der Waals surface area (Å²) in [6.07, 6.45) is 3.07. The minimum atomic E-state index is -3.36. The molecule has 0 atom stereocenters. The van der Waals surface area contributed by atoms with Gasteiger partial charge in [-0.05, 0) is 37.1 Å². The molecular weight excluding hydrogens is 382 g/mol. The van der Waals surface area contributed by atoms with Crippen molar-refractivity contribution in [3.05, 3.63) is 28.7 Å². The lowest BCUT2D eigenvalue weighted by atomic mass is 9.93. The Morgan fingerprint density at radius 3 is 2.28 bits per heavy atom. The summed E-state index contributed by atoms with van der Waals surface area (Å²) < 4.78 is 27.6. The van der Waals surface area contributed by atoms with Crippen LogP contribution in [0.5, 0.6) is 0 Å². The first-order valence-electron chi connectivity index (χ1n) is 5.89. The third-order valence-corrected chi connectivity index (χ3v) is 6.06. The summed E-state index contributed by atoms with van der Waals surface area (Å²) in [5, 5.41) is 0.666. The van der Waals surface area contributed by atoms with Gasteiger partial charge in [-0.25, -0.2) is 8.42 Å². The third kappa shape index (κ3) is 2.98. The van der Waals surface area contributed by atoms with Crippen LogP contribution in [0.3, 0.4) is 0 Å². The standard InChI is InChI=1S/C12H15Br2NO2S/c13-8-9-15(11-2-1-3-11)18(16,17)12-6-4-10(14)5-7-12/h4-7,11H,1-3,8-9H2. The van der Waals surface area contributed by atoms with Crippen LogP contribution in [0.15, 0.2) is 33.6 Å². The quantitative estimate of drug-likeness (QED) is 0.715. The molecule has 1 aromatic carbocycles. The second-order valence-corrected chi connectivity index (χ2v) is 7.94. The molecule has 0 spiro atoms. The van der Waals surface area contributed by atoms with Crippen molar-refractivity contribution in [2.24, 2.45) is 0 Å². The molecule has 1 aromatic rings. The second-order valence-electron chi connectivity index (χ2n) is 4.34. The molecule has 0 aliphatic heterocycles. The molecule has 18 heavy (non-hydrogen) atoms. The van der Waals surface area contributed by atoms with Gasteiger partial charge in [-0.1, -0.05) is 38.3 Å². The Morgan fingerprint density at radius 1 is 1.22 bits per heavy atom. The first-order chi connectivity index (χ1) is 8.55. The van der Waals surface area contributed by atoms with Gasteiger partial charge in [0.1, 0.15) is 0 Å². The van der Waals surface area contributed by atoms with Gasteiger partial charge in [0.2, 0.25) is 10.0 Å². The molecule has 0 heterocycles. The van der Waals surface area contributed by atoms with Crippen LogP contribution < -0.4 is 0 Å². The Kier molecular flexibility index (Phi) is 4.86. The fraction of sp³-hybridized carbons (Fsp3) is 0.500. The van der Waals surface area contributed by atoms with Gasteiger partial charge in [-0.3, -0.25) is 0 Å². The zero-order valence-corrected chi connectivity index (χ0v) is 13.8. The molecule has 1 fully saturated rings. The molecule has 3 nitrogen and oxygen atoms in total. The summed E-state index contributed by atoms with van der Waals surface area (Å²) in [7, 11) is -3.36. The lowest BCUT2D eigenvalue weighted by molar-refractivity contribution is 0.228. The van der Waals surface area contributed by atoms with E-state index in [0.29, 0.717) is 16.8 Å². The number of benzene rings is 1. The highest BCUT2D eigenvalue weighted by molar-refractivity contribution is 9.10. The highest BCUT2D eigenvalue weighted by atomic mass is 79.9. The number of hydrogen-bond donors (Lipinski definition) is 0. The van der Waals surface area contributed by atoms with Gasteiger partial charge in [-0.15, -0.1) is 0 Å². The van der Waals surface area contributed by atoms with Crippen molar-refractivity contribution in [3.63, 3.8) is 0 Å². The van der Waals surface area contributed by atoms with Gasteiger partial charge in [-0.2, -0.15) is 4.31 Å². The maximum atomic E-state index is 12.6. The van der Waals surface area contributed by atoms with Gasteiger partial charge >= 0.3 is 0 Å². The Hall–Kier alpha value is 0.0900. The van der Waals surface area contributed by atoms with E-state index in [9.17, 15) is 8.42 Å². The number of hydrogen-bond acceptors (Lipinski definition) is 2. The van der Waals surface area contributed by atoms with E-state index in [1.54, 1.807) is 28.6 Å². The van der Waals surface area contributed by atoms with Gasteiger partial charge in [0.15, 0.2) is 0 Å². The number of halogens is 2. The number of sulfonamides is 1. The van der Waals surface area contributed by atoms with Crippen LogP contribution in [0, 0.1) is 0 Å². The maximum Gasteiger partial charge on any atom is 0.243 e. The molecule has 100 valence electrons. The fourth-order valence-corrected chi connectivity index (χ4v) is 4.57. The highest BCUT2D eigenvalue weighted by Gasteiger charge is 2.34. The van der Waals surface area contributed by atoms with Crippen molar-refractivity contribution in [1.82, 2.24) is 4.31 Å². The molecule has 6 heteroatoms. The highest BCUT2D eigenvalue weighted by Crippen LogP contribution is 2.30. The molecule has 0 aromatic heterocycles. The SMILES string of the molecule is O=S(=O)(c1ccc(Br)cc1)N(CCBr)C1CCC1. The zero-order chi connectivity index (χ0) is 13.2. The van der Waals surface area contributed by atoms with E-state index in [-0.39, 0.29) is 6.04 Å². The van der Waals surface area contributed by atoms with Crippen molar-refractivity contribution in [3.8, 4) is 0 Å². The topological polar surface area (TPSA) is 37.4 Å². The monoisotopic (exact) mass is 395 g/mol. The van der Waals surface area contributed by atoms with Gasteiger partial charge in [0.25, 0.3) is 0 Å². The number of alkyl halides is 1. The Balaban J connectivity index is 2.29. The molecule has 0 saturated heterocycles. The predicted octanol–water partition coefficient (Wildman–Crippen LogP) is 3.39. The van der Waals surface area contributed by atoms with E-state index in [1.807, 2.05) is 0 Å². The first-order valence-corrected chi connectivity index (χ1v) is 9.24. The van der Waals surface area contributed by atoms with Crippen LogP contribution in [-0.4, -0.2) is 30.6 Å². The molecular formula is C12H15Br2NO2S. The van der Waals surface area contributed by atoms with Crippen molar-refractivity contribution in [1.29, 1.82) is 0 Å². The van der Waals surface area contributed by atoms with Gasteiger partial charge in [0, 0.05) is 22.4 Å². The summed E-state index contributed by atoms with van der Waals surface area (Å²) >= 11 is 6.65. The van der Waals surface area contributed by atoms with Crippen LogP contribution in [0.4, 0.5) is 0 Å². The Labute approximate surface area is 125 Å². The summed E-state index contributed by atoms with van der Waals surface area (Å²) in [6, 6.07) is 7.01. The van der Waals surface area contributed by atoms with E-state index in [0.717, 1.165) is 23.7 Å². The number of nitrogens with zero attached hydrogens (tertiary/aromatic N) is 1. The molecule has 0 bridgehead atoms. The molecule has 1 saturated carbocycles. The average Bonchev–Trinajstić information content (AvgIpc) is 2.26. The molecule has 1 aliphatic rings. The molecule has 0 amide bonds. The molecule has 0 unspecified atom stereocenters. The van der Waals surface area contributed by atoms with Gasteiger partial charge in [0.05, 0.1) is 4.90 Å². The third-order valence-electron chi connectivity index (χ3n) is 3.21. The zero-order valence-electron chi connectivity index (χ0n) is 9.85. The van der Waals surface area contributed by atoms with E-state index < -0.39 is 10.0 Å². The lowest BCUT2D eigenvalue weighted by Gasteiger charge is -2.36. The van der Waals surface area contributed by atoms with Crippen molar-refractivity contribution >= 4 is 41.9 Å². The first kappa shape index (κ1) is 14.5. The van der Waals surface area contributed by atoms with Crippen LogP contribution in [0.1, 0.15) is 19.3 Å². The Morgan fingerprint density at radius 2 is 1.83 bits per heavy atom. The lowest BCUT2D eigenvalue weighted by Crippen LogP contribution is -2.45. The van der Waals surface area contributed by atoms with E-state index in [2.05, 4.69) is 31.9 Å². The summed E-state index contributed by atoms with van der Waals surface area (Å²) in [5.74, 6) is 0. The smallest absolute Gasteiger partial charge is 0.207 e. The maximum absolute atomic E-state index is 12.6. The molecule has 0 N–H and O–H groups in total. The second kappa shape index (κ2) is 6.03. The Bertz CT molecular complexity index is 497. The predicted molar refractivity (Wildman–Crippen MR) is 79.5 cm³/mol. The number of rotatable bonds is 5. The summed E-state index contributed by atoms with van der Waals surface area (Å²) in [6.45, 7) is 0.531. The van der Waals surface area contributed by atoms with Crippen LogP contribution >= 0.6 is 31.9 Å². The minimum absolute atomic E-state index is 0.177. The minimum Gasteiger partial charge on any atom is -0.207 e. The van der Waals surface area contributed by atoms with E-state index in [1.165, 1.54) is 0 Å². The van der Waals surface area contributed by atoms with Crippen LogP contribution in [0.25, 0.3) is 0 Å². The normalized spacial score (nSPS) is 16.8. The van der Waals surface area contributed by atoms with Crippen molar-refractivity contribution in [2.45, 2.75) is 30.2 Å². The largest absolute Gasteiger partial charge is 0.243 e. The fourth-order valence-electron chi connectivity index (χ4n) is 2.00. The summed E-state index contributed by atoms with van der Waals surface area (Å²) in [4.78, 5) is 0.374. The van der Waals surface area contributed by atoms with Crippen molar-refractivity contribution in [2.75, 3.05) is 11.9 Å². The average molecular weight is 397 g/mol. The molecule has 1 aliphatic carbocycles. The summed E-state index contributed by atoms with van der Waals surface area (Å²) in [5.41, 5.74) is 0. The van der Waals surface area contributed by atoms with E-state index >= 15 is 0 Å². The van der Waals surface area contributed by atoms with Gasteiger partial charge < -0.3 is 0 Å². The van der Waals surface area contributed by atoms with Crippen molar-refractivity contribution < 1.29 is 8.42 Å².